The van der Waals surface area contributed by atoms with Crippen molar-refractivity contribution in [3.05, 3.63) is 11.6 Å². The normalized spacial score (nSPS) is 37.8. The van der Waals surface area contributed by atoms with E-state index < -0.39 is 5.60 Å². The van der Waals surface area contributed by atoms with E-state index in [0.717, 1.165) is 63.5 Å². The van der Waals surface area contributed by atoms with Crippen LogP contribution in [-0.2, 0) is 9.53 Å². The third kappa shape index (κ3) is 4.69. The molecule has 3 fully saturated rings. The molecule has 0 unspecified atom stereocenters. The van der Waals surface area contributed by atoms with E-state index in [-0.39, 0.29) is 11.4 Å². The molecule has 0 radical (unpaired) electrons. The quantitative estimate of drug-likeness (QED) is 0.126. The summed E-state index contributed by atoms with van der Waals surface area (Å²) in [6.07, 6.45) is 25.5. The van der Waals surface area contributed by atoms with E-state index in [1.165, 1.54) is 44.1 Å². The summed E-state index contributed by atoms with van der Waals surface area (Å²) in [5.41, 5.74) is 1.48. The molecule has 0 aliphatic heterocycles. The molecule has 0 spiro atoms. The molecule has 0 amide bonds. The number of carbonyl (C=O) groups excluding carboxylic acids is 1. The average Bonchev–Trinajstić information content (AvgIpc) is 3.15. The van der Waals surface area contributed by atoms with Gasteiger partial charge in [0, 0.05) is 11.8 Å². The van der Waals surface area contributed by atoms with Gasteiger partial charge in [0.05, 0.1) is 5.71 Å². The first-order chi connectivity index (χ1) is 16.5. The number of nitrogens with zero attached hydrogens (tertiary/aromatic N) is 1. The Labute approximate surface area is 207 Å². The van der Waals surface area contributed by atoms with Gasteiger partial charge in [-0.3, -0.25) is 4.79 Å². The van der Waals surface area contributed by atoms with Gasteiger partial charge in [-0.15, -0.1) is 6.42 Å². The molecular formula is C30H45NO3. The van der Waals surface area contributed by atoms with E-state index in [4.69, 9.17) is 11.2 Å². The van der Waals surface area contributed by atoms with E-state index in [0.29, 0.717) is 30.1 Å². The molecule has 34 heavy (non-hydrogen) atoms. The molecule has 4 aliphatic rings. The van der Waals surface area contributed by atoms with Crippen molar-refractivity contribution in [2.45, 2.75) is 122 Å². The summed E-state index contributed by atoms with van der Waals surface area (Å²) < 4.78 is 6.25. The first-order valence-corrected chi connectivity index (χ1v) is 14.1. The fourth-order valence-electron chi connectivity index (χ4n) is 8.18. The maximum atomic E-state index is 12.9. The summed E-state index contributed by atoms with van der Waals surface area (Å²) in [5, 5.41) is 12.7. The maximum absolute atomic E-state index is 12.9. The second-order valence-electron chi connectivity index (χ2n) is 11.7. The summed E-state index contributed by atoms with van der Waals surface area (Å²) in [5.74, 6) is 5.45. The van der Waals surface area contributed by atoms with Gasteiger partial charge in [0.2, 0.25) is 0 Å². The van der Waals surface area contributed by atoms with Crippen LogP contribution in [0.15, 0.2) is 16.8 Å². The van der Waals surface area contributed by atoms with E-state index in [1.54, 1.807) is 0 Å². The van der Waals surface area contributed by atoms with Crippen molar-refractivity contribution in [2.75, 3.05) is 0 Å². The van der Waals surface area contributed by atoms with E-state index in [1.807, 2.05) is 0 Å². The number of carbonyl (C=O) groups is 1. The lowest BCUT2D eigenvalue weighted by Gasteiger charge is -2.55. The highest BCUT2D eigenvalue weighted by Crippen LogP contribution is 2.65. The van der Waals surface area contributed by atoms with Crippen LogP contribution >= 0.6 is 0 Å². The van der Waals surface area contributed by atoms with E-state index in [2.05, 4.69) is 31.0 Å². The third-order valence-corrected chi connectivity index (χ3v) is 10.1. The number of esters is 1. The van der Waals surface area contributed by atoms with Gasteiger partial charge in [0.25, 0.3) is 0 Å². The molecule has 0 saturated heterocycles. The lowest BCUT2D eigenvalue weighted by Crippen LogP contribution is -2.53. The molecule has 4 heteroatoms. The molecule has 0 aromatic rings. The number of terminal acetylenes is 1. The zero-order valence-electron chi connectivity index (χ0n) is 21.5. The van der Waals surface area contributed by atoms with Gasteiger partial charge in [-0.2, -0.15) is 0 Å². The number of hydrogen-bond acceptors (Lipinski definition) is 4. The average molecular weight is 468 g/mol. The number of ether oxygens (including phenoxy) is 1. The SMILES string of the molecule is C#C[C@]1(OC(=O)CCCCCCCCC)CC[C@H]2[C@@H]3CCC4=C/C(=N\O)CC[C@@H]4[C@H]3CC[C@@]21C. The van der Waals surface area contributed by atoms with Crippen LogP contribution < -0.4 is 0 Å². The van der Waals surface area contributed by atoms with Gasteiger partial charge in [-0.1, -0.05) is 69.0 Å². The van der Waals surface area contributed by atoms with Crippen LogP contribution in [-0.4, -0.2) is 22.5 Å². The molecule has 188 valence electrons. The molecule has 3 saturated carbocycles. The Morgan fingerprint density at radius 1 is 1.09 bits per heavy atom. The first kappa shape index (κ1) is 25.3. The largest absolute Gasteiger partial charge is 0.445 e. The summed E-state index contributed by atoms with van der Waals surface area (Å²) in [4.78, 5) is 12.9. The number of allylic oxidation sites excluding steroid dienone is 2. The number of unbranched alkanes of at least 4 members (excludes halogenated alkanes) is 6. The summed E-state index contributed by atoms with van der Waals surface area (Å²) >= 11 is 0. The highest BCUT2D eigenvalue weighted by molar-refractivity contribution is 5.96. The molecule has 0 aromatic heterocycles. The Morgan fingerprint density at radius 3 is 2.59 bits per heavy atom. The van der Waals surface area contributed by atoms with Gasteiger partial charge in [0.1, 0.15) is 0 Å². The molecule has 1 N–H and O–H groups in total. The fraction of sp³-hybridized carbons (Fsp3) is 0.800. The smallest absolute Gasteiger partial charge is 0.307 e. The Kier molecular flexibility index (Phi) is 8.11. The zero-order chi connectivity index (χ0) is 24.2. The predicted molar refractivity (Wildman–Crippen MR) is 137 cm³/mol. The Bertz CT molecular complexity index is 838. The Morgan fingerprint density at radius 2 is 1.85 bits per heavy atom. The molecule has 0 heterocycles. The topological polar surface area (TPSA) is 58.9 Å². The van der Waals surface area contributed by atoms with Crippen LogP contribution in [0.5, 0.6) is 0 Å². The van der Waals surface area contributed by atoms with Crippen molar-refractivity contribution < 1.29 is 14.7 Å². The zero-order valence-corrected chi connectivity index (χ0v) is 21.5. The van der Waals surface area contributed by atoms with Crippen LogP contribution in [0.4, 0.5) is 0 Å². The molecule has 4 nitrogen and oxygen atoms in total. The molecule has 4 aliphatic carbocycles. The van der Waals surface area contributed by atoms with Crippen LogP contribution in [0.2, 0.25) is 0 Å². The van der Waals surface area contributed by atoms with Crippen LogP contribution in [0, 0.1) is 41.4 Å². The number of fused-ring (bicyclic) bond motifs is 5. The third-order valence-electron chi connectivity index (χ3n) is 10.1. The fourth-order valence-corrected chi connectivity index (χ4v) is 8.18. The lowest BCUT2D eigenvalue weighted by atomic mass is 9.50. The first-order valence-electron chi connectivity index (χ1n) is 14.1. The van der Waals surface area contributed by atoms with Crippen molar-refractivity contribution in [1.29, 1.82) is 0 Å². The van der Waals surface area contributed by atoms with Crippen LogP contribution in [0.3, 0.4) is 0 Å². The monoisotopic (exact) mass is 467 g/mol. The van der Waals surface area contributed by atoms with Crippen molar-refractivity contribution in [2.24, 2.45) is 34.2 Å². The highest BCUT2D eigenvalue weighted by Gasteiger charge is 2.64. The molecular weight excluding hydrogens is 422 g/mol. The van der Waals surface area contributed by atoms with Crippen molar-refractivity contribution in [3.63, 3.8) is 0 Å². The number of rotatable bonds is 9. The minimum atomic E-state index is -0.736. The Balaban J connectivity index is 1.37. The second-order valence-corrected chi connectivity index (χ2v) is 11.7. The van der Waals surface area contributed by atoms with E-state index in [9.17, 15) is 10.0 Å². The minimum absolute atomic E-state index is 0.0903. The molecule has 0 bridgehead atoms. The van der Waals surface area contributed by atoms with Crippen molar-refractivity contribution in [1.82, 2.24) is 0 Å². The van der Waals surface area contributed by atoms with Crippen molar-refractivity contribution in [3.8, 4) is 12.3 Å². The van der Waals surface area contributed by atoms with Gasteiger partial charge in [0.15, 0.2) is 5.60 Å². The summed E-state index contributed by atoms with van der Waals surface area (Å²) in [7, 11) is 0. The standard InChI is InChI=1S/C30H45NO3/c1-4-6-7-8-9-10-11-12-28(32)34-30(5-2)20-18-27-26-15-13-22-21-23(31-33)14-16-24(22)25(26)17-19-29(27,30)3/h2,21,24-27,33H,4,6-20H2,1,3H3/b31-23-/t24-,25+,26+,27-,29-,30-/m0/s1. The van der Waals surface area contributed by atoms with Gasteiger partial charge in [-0.25, -0.2) is 0 Å². The predicted octanol–water partition coefficient (Wildman–Crippen LogP) is 7.45. The number of hydrogen-bond donors (Lipinski definition) is 1. The van der Waals surface area contributed by atoms with Crippen LogP contribution in [0.1, 0.15) is 117 Å². The van der Waals surface area contributed by atoms with E-state index >= 15 is 0 Å². The second kappa shape index (κ2) is 10.9. The highest BCUT2D eigenvalue weighted by atomic mass is 16.6. The van der Waals surface area contributed by atoms with Gasteiger partial charge in [-0.05, 0) is 87.5 Å². The Hall–Kier alpha value is -1.76. The molecule has 6 atom stereocenters. The maximum Gasteiger partial charge on any atom is 0.307 e. The lowest BCUT2D eigenvalue weighted by molar-refractivity contribution is -0.170. The minimum Gasteiger partial charge on any atom is -0.445 e. The van der Waals surface area contributed by atoms with Crippen molar-refractivity contribution >= 4 is 11.7 Å². The van der Waals surface area contributed by atoms with Crippen LogP contribution in [0.25, 0.3) is 0 Å². The molecule has 4 rings (SSSR count). The molecule has 0 aromatic carbocycles. The summed E-state index contributed by atoms with van der Waals surface area (Å²) in [6, 6.07) is 0. The number of oxime groups is 1. The van der Waals surface area contributed by atoms with Gasteiger partial charge < -0.3 is 9.94 Å². The summed E-state index contributed by atoms with van der Waals surface area (Å²) in [6.45, 7) is 4.56. The van der Waals surface area contributed by atoms with Gasteiger partial charge >= 0.3 is 5.97 Å².